The van der Waals surface area contributed by atoms with Crippen molar-refractivity contribution >= 4 is 5.91 Å². The van der Waals surface area contributed by atoms with Crippen molar-refractivity contribution in [2.75, 3.05) is 19.6 Å². The molecule has 1 heterocycles. The largest absolute Gasteiger partial charge is 0.342 e. The molecule has 1 unspecified atom stereocenters. The molecule has 2 aromatic carbocycles. The fourth-order valence-electron chi connectivity index (χ4n) is 3.95. The van der Waals surface area contributed by atoms with Crippen LogP contribution in [0.25, 0.3) is 0 Å². The van der Waals surface area contributed by atoms with E-state index in [1.165, 1.54) is 11.1 Å². The topological polar surface area (TPSA) is 46.3 Å². The smallest absolute Gasteiger partial charge is 0.223 e. The summed E-state index contributed by atoms with van der Waals surface area (Å²) in [7, 11) is 0. The van der Waals surface area contributed by atoms with Crippen LogP contribution in [-0.2, 0) is 4.79 Å². The Kier molecular flexibility index (Phi) is 5.87. The Morgan fingerprint density at radius 2 is 1.72 bits per heavy atom. The first-order valence-corrected chi connectivity index (χ1v) is 9.30. The molecule has 2 aromatic rings. The third-order valence-corrected chi connectivity index (χ3v) is 5.51. The molecule has 1 fully saturated rings. The van der Waals surface area contributed by atoms with Crippen molar-refractivity contribution < 1.29 is 4.79 Å². The number of likely N-dealkylation sites (tertiary alicyclic amines) is 1. The standard InChI is InChI=1S/C22H28N2O/c1-2-17(18-9-5-3-6-10-18)13-22(25)24-15-20(14-23)21(16-24)19-11-7-4-8-12-19/h3-12,17,20-21H,2,13-16,23H2,1H3/t17?,20-,21+/m1/s1. The Bertz CT molecular complexity index is 671. The molecule has 0 radical (unpaired) electrons. The average Bonchev–Trinajstić information content (AvgIpc) is 3.12. The molecule has 0 bridgehead atoms. The number of hydrogen-bond donors (Lipinski definition) is 1. The number of carbonyl (C=O) groups is 1. The highest BCUT2D eigenvalue weighted by molar-refractivity contribution is 5.77. The molecule has 1 aliphatic heterocycles. The third-order valence-electron chi connectivity index (χ3n) is 5.51. The van der Waals surface area contributed by atoms with Crippen molar-refractivity contribution in [3.8, 4) is 0 Å². The van der Waals surface area contributed by atoms with Gasteiger partial charge in [0.1, 0.15) is 0 Å². The van der Waals surface area contributed by atoms with Gasteiger partial charge in [0.25, 0.3) is 0 Å². The molecule has 1 aliphatic rings. The van der Waals surface area contributed by atoms with Crippen LogP contribution in [-0.4, -0.2) is 30.4 Å². The molecule has 25 heavy (non-hydrogen) atoms. The Morgan fingerprint density at radius 1 is 1.08 bits per heavy atom. The van der Waals surface area contributed by atoms with Crippen molar-refractivity contribution in [1.82, 2.24) is 4.90 Å². The normalized spacial score (nSPS) is 21.3. The van der Waals surface area contributed by atoms with Crippen LogP contribution in [0.5, 0.6) is 0 Å². The van der Waals surface area contributed by atoms with E-state index >= 15 is 0 Å². The number of rotatable bonds is 6. The van der Waals surface area contributed by atoms with E-state index in [-0.39, 0.29) is 5.91 Å². The zero-order valence-electron chi connectivity index (χ0n) is 15.0. The van der Waals surface area contributed by atoms with Gasteiger partial charge in [-0.05, 0) is 35.9 Å². The molecular formula is C22H28N2O. The van der Waals surface area contributed by atoms with E-state index < -0.39 is 0 Å². The van der Waals surface area contributed by atoms with Crippen molar-refractivity contribution in [3.63, 3.8) is 0 Å². The first kappa shape index (κ1) is 17.7. The summed E-state index contributed by atoms with van der Waals surface area (Å²) in [5.41, 5.74) is 8.56. The molecule has 3 atom stereocenters. The molecule has 0 aliphatic carbocycles. The van der Waals surface area contributed by atoms with E-state index in [0.29, 0.717) is 30.7 Å². The molecular weight excluding hydrogens is 308 g/mol. The van der Waals surface area contributed by atoms with Crippen LogP contribution in [0.15, 0.2) is 60.7 Å². The van der Waals surface area contributed by atoms with E-state index in [0.717, 1.165) is 19.5 Å². The van der Waals surface area contributed by atoms with Crippen LogP contribution in [0.1, 0.15) is 42.7 Å². The highest BCUT2D eigenvalue weighted by Crippen LogP contribution is 2.33. The summed E-state index contributed by atoms with van der Waals surface area (Å²) in [6.07, 6.45) is 1.56. The highest BCUT2D eigenvalue weighted by Gasteiger charge is 2.35. The lowest BCUT2D eigenvalue weighted by Crippen LogP contribution is -2.30. The highest BCUT2D eigenvalue weighted by atomic mass is 16.2. The van der Waals surface area contributed by atoms with Crippen LogP contribution in [0, 0.1) is 5.92 Å². The second kappa shape index (κ2) is 8.30. The minimum atomic E-state index is 0.257. The van der Waals surface area contributed by atoms with Crippen LogP contribution < -0.4 is 5.73 Å². The Labute approximate surface area is 150 Å². The lowest BCUT2D eigenvalue weighted by atomic mass is 9.89. The fourth-order valence-corrected chi connectivity index (χ4v) is 3.95. The van der Waals surface area contributed by atoms with Crippen molar-refractivity contribution in [1.29, 1.82) is 0 Å². The monoisotopic (exact) mass is 336 g/mol. The molecule has 132 valence electrons. The van der Waals surface area contributed by atoms with Gasteiger partial charge in [0.05, 0.1) is 0 Å². The molecule has 0 spiro atoms. The Balaban J connectivity index is 1.68. The Morgan fingerprint density at radius 3 is 2.32 bits per heavy atom. The zero-order chi connectivity index (χ0) is 17.6. The summed E-state index contributed by atoms with van der Waals surface area (Å²) >= 11 is 0. The van der Waals surface area contributed by atoms with Gasteiger partial charge in [-0.25, -0.2) is 0 Å². The number of hydrogen-bond acceptors (Lipinski definition) is 2. The van der Waals surface area contributed by atoms with E-state index in [1.807, 2.05) is 29.2 Å². The van der Waals surface area contributed by atoms with Gasteiger partial charge in [-0.15, -0.1) is 0 Å². The SMILES string of the molecule is CCC(CC(=O)N1C[C@@H](CN)[C@H](c2ccccc2)C1)c1ccccc1. The molecule has 3 heteroatoms. The number of amides is 1. The lowest BCUT2D eigenvalue weighted by molar-refractivity contribution is -0.130. The van der Waals surface area contributed by atoms with E-state index in [1.54, 1.807) is 0 Å². The van der Waals surface area contributed by atoms with Crippen LogP contribution in [0.4, 0.5) is 0 Å². The van der Waals surface area contributed by atoms with E-state index in [4.69, 9.17) is 5.73 Å². The second-order valence-electron chi connectivity index (χ2n) is 7.03. The average molecular weight is 336 g/mol. The van der Waals surface area contributed by atoms with Gasteiger partial charge < -0.3 is 10.6 Å². The maximum absolute atomic E-state index is 12.9. The maximum Gasteiger partial charge on any atom is 0.223 e. The summed E-state index contributed by atoms with van der Waals surface area (Å²) in [5.74, 6) is 1.25. The number of benzene rings is 2. The van der Waals surface area contributed by atoms with Crippen molar-refractivity contribution in [2.24, 2.45) is 11.7 Å². The lowest BCUT2D eigenvalue weighted by Gasteiger charge is -2.21. The van der Waals surface area contributed by atoms with Gasteiger partial charge in [-0.2, -0.15) is 0 Å². The van der Waals surface area contributed by atoms with Gasteiger partial charge in [-0.3, -0.25) is 4.79 Å². The predicted molar refractivity (Wildman–Crippen MR) is 102 cm³/mol. The Hall–Kier alpha value is -2.13. The predicted octanol–water partition coefficient (Wildman–Crippen LogP) is 3.77. The number of nitrogens with zero attached hydrogens (tertiary/aromatic N) is 1. The van der Waals surface area contributed by atoms with Crippen molar-refractivity contribution in [3.05, 3.63) is 71.8 Å². The van der Waals surface area contributed by atoms with Crippen molar-refractivity contribution in [2.45, 2.75) is 31.6 Å². The minimum absolute atomic E-state index is 0.257. The maximum atomic E-state index is 12.9. The molecule has 3 nitrogen and oxygen atoms in total. The molecule has 0 saturated carbocycles. The fraction of sp³-hybridized carbons (Fsp3) is 0.409. The molecule has 1 amide bonds. The number of nitrogens with two attached hydrogens (primary N) is 1. The van der Waals surface area contributed by atoms with Gasteiger partial charge in [0.15, 0.2) is 0 Å². The van der Waals surface area contributed by atoms with Gasteiger partial charge in [0, 0.05) is 25.4 Å². The van der Waals surface area contributed by atoms with Gasteiger partial charge in [0.2, 0.25) is 5.91 Å². The zero-order valence-corrected chi connectivity index (χ0v) is 15.0. The summed E-state index contributed by atoms with van der Waals surface area (Å²) < 4.78 is 0. The number of carbonyl (C=O) groups excluding carboxylic acids is 1. The molecule has 3 rings (SSSR count). The van der Waals surface area contributed by atoms with Gasteiger partial charge >= 0.3 is 0 Å². The van der Waals surface area contributed by atoms with Gasteiger partial charge in [-0.1, -0.05) is 67.6 Å². The van der Waals surface area contributed by atoms with E-state index in [2.05, 4.69) is 43.3 Å². The molecule has 2 N–H and O–H groups in total. The minimum Gasteiger partial charge on any atom is -0.342 e. The second-order valence-corrected chi connectivity index (χ2v) is 7.03. The summed E-state index contributed by atoms with van der Waals surface area (Å²) in [6, 6.07) is 20.8. The van der Waals surface area contributed by atoms with Crippen LogP contribution in [0.2, 0.25) is 0 Å². The molecule has 1 saturated heterocycles. The third kappa shape index (κ3) is 4.10. The summed E-state index contributed by atoms with van der Waals surface area (Å²) in [6.45, 7) is 4.35. The first-order chi connectivity index (χ1) is 12.2. The first-order valence-electron chi connectivity index (χ1n) is 9.30. The van der Waals surface area contributed by atoms with Crippen LogP contribution in [0.3, 0.4) is 0 Å². The summed E-state index contributed by atoms with van der Waals surface area (Å²) in [4.78, 5) is 14.9. The summed E-state index contributed by atoms with van der Waals surface area (Å²) in [5, 5.41) is 0. The quantitative estimate of drug-likeness (QED) is 0.873. The van der Waals surface area contributed by atoms with E-state index in [9.17, 15) is 4.79 Å². The van der Waals surface area contributed by atoms with Crippen LogP contribution >= 0.6 is 0 Å². The molecule has 0 aromatic heterocycles.